The second-order valence-electron chi connectivity index (χ2n) is 6.94. The molecule has 1 saturated heterocycles. The summed E-state index contributed by atoms with van der Waals surface area (Å²) in [6.07, 6.45) is 3.70. The monoisotopic (exact) mass is 373 g/mol. The molecule has 1 unspecified atom stereocenters. The topological polar surface area (TPSA) is 88.8 Å². The zero-order valence-corrected chi connectivity index (χ0v) is 15.9. The fraction of sp³-hybridized carbons (Fsp3) is 0.579. The average molecular weight is 373 g/mol. The van der Waals surface area contributed by atoms with Gasteiger partial charge in [0.05, 0.1) is 19.1 Å². The second kappa shape index (κ2) is 8.94. The molecule has 8 heteroatoms. The van der Waals surface area contributed by atoms with Crippen molar-refractivity contribution in [1.29, 1.82) is 0 Å². The number of piperidine rings is 1. The number of carbonyl (C=O) groups excluding carboxylic acids is 2. The number of carbonyl (C=O) groups is 2. The Balaban J connectivity index is 1.43. The highest BCUT2D eigenvalue weighted by atomic mass is 16.5. The van der Waals surface area contributed by atoms with E-state index in [1.54, 1.807) is 0 Å². The molecule has 27 heavy (non-hydrogen) atoms. The van der Waals surface area contributed by atoms with Crippen molar-refractivity contribution in [1.82, 2.24) is 24.8 Å². The van der Waals surface area contributed by atoms with Gasteiger partial charge >= 0.3 is 5.97 Å². The number of rotatable bonds is 7. The summed E-state index contributed by atoms with van der Waals surface area (Å²) in [5.74, 6) is 0.717. The third-order valence-electron chi connectivity index (χ3n) is 4.94. The van der Waals surface area contributed by atoms with E-state index in [4.69, 9.17) is 4.74 Å². The molecular formula is C19H27N5O3. The first-order chi connectivity index (χ1) is 13.1. The highest BCUT2D eigenvalue weighted by Crippen LogP contribution is 2.19. The molecule has 3 heterocycles. The lowest BCUT2D eigenvalue weighted by molar-refractivity contribution is -0.151. The molecule has 0 saturated carbocycles. The van der Waals surface area contributed by atoms with Crippen LogP contribution in [-0.4, -0.2) is 57.1 Å². The normalized spacial score (nSPS) is 16.4. The SMILES string of the molecule is CCOC(=O)C1CCN(C(=O)CC(C)NCc2nnc3ccccn23)CC1. The van der Waals surface area contributed by atoms with Crippen molar-refractivity contribution >= 4 is 17.5 Å². The lowest BCUT2D eigenvalue weighted by Crippen LogP contribution is -2.43. The third kappa shape index (κ3) is 4.82. The fourth-order valence-electron chi connectivity index (χ4n) is 3.36. The quantitative estimate of drug-likeness (QED) is 0.738. The van der Waals surface area contributed by atoms with Gasteiger partial charge in [0.2, 0.25) is 5.91 Å². The molecule has 1 N–H and O–H groups in total. The van der Waals surface area contributed by atoms with Crippen molar-refractivity contribution in [3.8, 4) is 0 Å². The van der Waals surface area contributed by atoms with E-state index in [1.165, 1.54) is 0 Å². The van der Waals surface area contributed by atoms with Gasteiger partial charge in [0.25, 0.3) is 0 Å². The zero-order chi connectivity index (χ0) is 19.2. The first-order valence-electron chi connectivity index (χ1n) is 9.55. The number of amides is 1. The second-order valence-corrected chi connectivity index (χ2v) is 6.94. The van der Waals surface area contributed by atoms with Crippen LogP contribution < -0.4 is 5.32 Å². The van der Waals surface area contributed by atoms with E-state index in [9.17, 15) is 9.59 Å². The molecule has 1 amide bonds. The van der Waals surface area contributed by atoms with Crippen LogP contribution in [0.5, 0.6) is 0 Å². The lowest BCUT2D eigenvalue weighted by Gasteiger charge is -2.31. The first-order valence-corrected chi connectivity index (χ1v) is 9.55. The van der Waals surface area contributed by atoms with Crippen molar-refractivity contribution in [2.24, 2.45) is 5.92 Å². The molecule has 1 atom stereocenters. The minimum atomic E-state index is -0.139. The average Bonchev–Trinajstić information content (AvgIpc) is 3.10. The maximum Gasteiger partial charge on any atom is 0.309 e. The van der Waals surface area contributed by atoms with Gasteiger partial charge in [0.15, 0.2) is 11.5 Å². The summed E-state index contributed by atoms with van der Waals surface area (Å²) >= 11 is 0. The maximum atomic E-state index is 12.5. The summed E-state index contributed by atoms with van der Waals surface area (Å²) in [5.41, 5.74) is 0.808. The third-order valence-corrected chi connectivity index (χ3v) is 4.94. The predicted octanol–water partition coefficient (Wildman–Crippen LogP) is 1.40. The Kier molecular flexibility index (Phi) is 6.39. The standard InChI is InChI=1S/C19H27N5O3/c1-3-27-19(26)15-7-10-23(11-8-15)18(25)12-14(2)20-13-17-22-21-16-6-4-5-9-24(16)17/h4-6,9,14-15,20H,3,7-8,10-13H2,1-2H3. The van der Waals surface area contributed by atoms with E-state index >= 15 is 0 Å². The van der Waals surface area contributed by atoms with Gasteiger partial charge in [0.1, 0.15) is 0 Å². The number of nitrogens with one attached hydrogen (secondary N) is 1. The number of fused-ring (bicyclic) bond motifs is 1. The molecule has 146 valence electrons. The summed E-state index contributed by atoms with van der Waals surface area (Å²) in [4.78, 5) is 26.2. The number of likely N-dealkylation sites (tertiary alicyclic amines) is 1. The molecule has 8 nitrogen and oxygen atoms in total. The van der Waals surface area contributed by atoms with Crippen LogP contribution in [0.2, 0.25) is 0 Å². The van der Waals surface area contributed by atoms with Crippen LogP contribution in [-0.2, 0) is 20.9 Å². The number of esters is 1. The van der Waals surface area contributed by atoms with Gasteiger partial charge < -0.3 is 15.0 Å². The van der Waals surface area contributed by atoms with Gasteiger partial charge in [-0.3, -0.25) is 14.0 Å². The summed E-state index contributed by atoms with van der Waals surface area (Å²) in [7, 11) is 0. The van der Waals surface area contributed by atoms with Gasteiger partial charge in [-0.05, 0) is 38.8 Å². The lowest BCUT2D eigenvalue weighted by atomic mass is 9.96. The molecule has 0 spiro atoms. The minimum absolute atomic E-state index is 0.0244. The number of ether oxygens (including phenoxy) is 1. The van der Waals surface area contributed by atoms with Gasteiger partial charge in [0, 0.05) is 31.7 Å². The largest absolute Gasteiger partial charge is 0.466 e. The van der Waals surface area contributed by atoms with E-state index in [-0.39, 0.29) is 23.8 Å². The molecule has 3 rings (SSSR count). The number of pyridine rings is 1. The van der Waals surface area contributed by atoms with E-state index < -0.39 is 0 Å². The molecule has 1 aliphatic rings. The van der Waals surface area contributed by atoms with Crippen LogP contribution in [0.25, 0.3) is 5.65 Å². The van der Waals surface area contributed by atoms with Gasteiger partial charge in [-0.2, -0.15) is 0 Å². The van der Waals surface area contributed by atoms with Crippen LogP contribution in [0.1, 0.15) is 38.9 Å². The molecule has 0 radical (unpaired) electrons. The molecule has 2 aromatic heterocycles. The molecule has 2 aromatic rings. The Labute approximate surface area is 158 Å². The van der Waals surface area contributed by atoms with Crippen LogP contribution in [0, 0.1) is 5.92 Å². The summed E-state index contributed by atoms with van der Waals surface area (Å²) in [6, 6.07) is 5.79. The van der Waals surface area contributed by atoms with Gasteiger partial charge in [-0.15, -0.1) is 10.2 Å². The number of nitrogens with zero attached hydrogens (tertiary/aromatic N) is 4. The van der Waals surface area contributed by atoms with Crippen molar-refractivity contribution in [2.75, 3.05) is 19.7 Å². The van der Waals surface area contributed by atoms with Crippen LogP contribution in [0.3, 0.4) is 0 Å². The van der Waals surface area contributed by atoms with Crippen molar-refractivity contribution in [2.45, 2.75) is 45.7 Å². The molecular weight excluding hydrogens is 346 g/mol. The van der Waals surface area contributed by atoms with Crippen LogP contribution in [0.4, 0.5) is 0 Å². The number of hydrogen-bond donors (Lipinski definition) is 1. The van der Waals surface area contributed by atoms with Gasteiger partial charge in [-0.1, -0.05) is 6.07 Å². The highest BCUT2D eigenvalue weighted by Gasteiger charge is 2.28. The molecule has 0 aliphatic carbocycles. The van der Waals surface area contributed by atoms with E-state index in [1.807, 2.05) is 47.5 Å². The predicted molar refractivity (Wildman–Crippen MR) is 99.8 cm³/mol. The molecule has 1 fully saturated rings. The highest BCUT2D eigenvalue weighted by molar-refractivity contribution is 5.77. The Hall–Kier alpha value is -2.48. The zero-order valence-electron chi connectivity index (χ0n) is 15.9. The molecule has 0 bridgehead atoms. The number of aromatic nitrogens is 3. The molecule has 1 aliphatic heterocycles. The van der Waals surface area contributed by atoms with Crippen molar-refractivity contribution in [3.63, 3.8) is 0 Å². The summed E-state index contributed by atoms with van der Waals surface area (Å²) in [5, 5.41) is 11.7. The van der Waals surface area contributed by atoms with E-state index in [0.29, 0.717) is 45.5 Å². The Morgan fingerprint density at radius 1 is 1.30 bits per heavy atom. The molecule has 0 aromatic carbocycles. The van der Waals surface area contributed by atoms with Gasteiger partial charge in [-0.25, -0.2) is 0 Å². The summed E-state index contributed by atoms with van der Waals surface area (Å²) in [6.45, 7) is 5.99. The van der Waals surface area contributed by atoms with E-state index in [0.717, 1.165) is 11.5 Å². The fourth-order valence-corrected chi connectivity index (χ4v) is 3.36. The maximum absolute atomic E-state index is 12.5. The van der Waals surface area contributed by atoms with E-state index in [2.05, 4.69) is 15.5 Å². The number of hydrogen-bond acceptors (Lipinski definition) is 6. The van der Waals surface area contributed by atoms with Crippen LogP contribution >= 0.6 is 0 Å². The minimum Gasteiger partial charge on any atom is -0.466 e. The van der Waals surface area contributed by atoms with Crippen LogP contribution in [0.15, 0.2) is 24.4 Å². The Bertz CT molecular complexity index is 782. The first kappa shape index (κ1) is 19.3. The Morgan fingerprint density at radius 3 is 2.81 bits per heavy atom. The van der Waals surface area contributed by atoms with Crippen molar-refractivity contribution in [3.05, 3.63) is 30.2 Å². The Morgan fingerprint density at radius 2 is 2.07 bits per heavy atom. The smallest absolute Gasteiger partial charge is 0.309 e. The van der Waals surface area contributed by atoms with Crippen molar-refractivity contribution < 1.29 is 14.3 Å². The summed E-state index contributed by atoms with van der Waals surface area (Å²) < 4.78 is 7.01.